The van der Waals surface area contributed by atoms with Crippen LogP contribution in [0.2, 0.25) is 10.0 Å². The van der Waals surface area contributed by atoms with Gasteiger partial charge in [-0.05, 0) is 28.1 Å². The molecule has 0 saturated carbocycles. The molecule has 0 saturated heterocycles. The molecule has 0 aliphatic heterocycles. The van der Waals surface area contributed by atoms with E-state index in [0.717, 1.165) is 10.0 Å². The van der Waals surface area contributed by atoms with Crippen LogP contribution in [0.5, 0.6) is 5.75 Å². The fourth-order valence-electron chi connectivity index (χ4n) is 1.37. The van der Waals surface area contributed by atoms with E-state index in [1.54, 1.807) is 18.4 Å². The second-order valence-electron chi connectivity index (χ2n) is 3.61. The van der Waals surface area contributed by atoms with E-state index in [1.807, 2.05) is 6.07 Å². The molecule has 1 heterocycles. The number of ether oxygens (including phenoxy) is 1. The average Bonchev–Trinajstić information content (AvgIpc) is 2.80. The average molecular weight is 351 g/mol. The van der Waals surface area contributed by atoms with Crippen molar-refractivity contribution in [3.8, 4) is 5.75 Å². The van der Waals surface area contributed by atoms with Gasteiger partial charge < -0.3 is 14.9 Å². The molecule has 0 aliphatic carbocycles. The van der Waals surface area contributed by atoms with Gasteiger partial charge in [-0.3, -0.25) is 0 Å². The van der Waals surface area contributed by atoms with Crippen LogP contribution in [0.25, 0.3) is 0 Å². The monoisotopic (exact) mass is 349 g/mol. The van der Waals surface area contributed by atoms with Crippen LogP contribution in [-0.2, 0) is 13.2 Å². The fourth-order valence-corrected chi connectivity index (χ4v) is 2.22. The largest absolute Gasteiger partial charge is 0.484 e. The number of furan rings is 1. The number of nitrogens with two attached hydrogens (primary N) is 1. The summed E-state index contributed by atoms with van der Waals surface area (Å²) in [6.07, 6.45) is 1.61. The number of rotatable bonds is 4. The van der Waals surface area contributed by atoms with Crippen LogP contribution in [0.1, 0.15) is 11.3 Å². The Morgan fingerprint density at radius 3 is 2.67 bits per heavy atom. The van der Waals surface area contributed by atoms with E-state index in [9.17, 15) is 0 Å². The molecule has 0 radical (unpaired) electrons. The molecule has 0 aliphatic rings. The second-order valence-corrected chi connectivity index (χ2v) is 5.28. The van der Waals surface area contributed by atoms with Gasteiger partial charge in [0, 0.05) is 22.6 Å². The highest BCUT2D eigenvalue weighted by molar-refractivity contribution is 9.10. The zero-order valence-electron chi connectivity index (χ0n) is 9.25. The Labute approximate surface area is 123 Å². The molecule has 18 heavy (non-hydrogen) atoms. The standard InChI is InChI=1S/C12H10BrCl2NO2/c13-9-2-11(15)12(3-10(9)14)18-6-8-1-7(4-16)5-17-8/h1-3,5H,4,6,16H2. The highest BCUT2D eigenvalue weighted by Crippen LogP contribution is 2.34. The Balaban J connectivity index is 2.08. The molecule has 0 fully saturated rings. The van der Waals surface area contributed by atoms with Crippen molar-refractivity contribution in [2.75, 3.05) is 0 Å². The summed E-state index contributed by atoms with van der Waals surface area (Å²) in [5.41, 5.74) is 6.41. The van der Waals surface area contributed by atoms with E-state index in [-0.39, 0.29) is 6.61 Å². The Morgan fingerprint density at radius 1 is 1.22 bits per heavy atom. The van der Waals surface area contributed by atoms with Crippen molar-refractivity contribution < 1.29 is 9.15 Å². The first-order chi connectivity index (χ1) is 8.60. The van der Waals surface area contributed by atoms with E-state index in [4.69, 9.17) is 38.1 Å². The van der Waals surface area contributed by atoms with Crippen LogP contribution in [0.3, 0.4) is 0 Å². The molecule has 6 heteroatoms. The molecule has 0 bridgehead atoms. The van der Waals surface area contributed by atoms with Gasteiger partial charge >= 0.3 is 0 Å². The van der Waals surface area contributed by atoms with E-state index < -0.39 is 0 Å². The Morgan fingerprint density at radius 2 is 2.00 bits per heavy atom. The van der Waals surface area contributed by atoms with Crippen molar-refractivity contribution in [3.05, 3.63) is 50.3 Å². The first-order valence-electron chi connectivity index (χ1n) is 5.14. The van der Waals surface area contributed by atoms with Crippen molar-refractivity contribution in [1.82, 2.24) is 0 Å². The molecule has 96 valence electrons. The summed E-state index contributed by atoms with van der Waals surface area (Å²) in [5, 5.41) is 1.02. The first kappa shape index (κ1) is 13.7. The maximum Gasteiger partial charge on any atom is 0.146 e. The lowest BCUT2D eigenvalue weighted by molar-refractivity contribution is 0.270. The SMILES string of the molecule is NCc1coc(COc2cc(Cl)c(Br)cc2Cl)c1. The zero-order valence-corrected chi connectivity index (χ0v) is 12.3. The normalized spacial score (nSPS) is 10.7. The van der Waals surface area contributed by atoms with Crippen molar-refractivity contribution >= 4 is 39.1 Å². The number of halogens is 3. The van der Waals surface area contributed by atoms with Crippen LogP contribution in [0, 0.1) is 0 Å². The zero-order chi connectivity index (χ0) is 13.1. The first-order valence-corrected chi connectivity index (χ1v) is 6.68. The molecule has 0 atom stereocenters. The summed E-state index contributed by atoms with van der Waals surface area (Å²) < 4.78 is 11.6. The summed E-state index contributed by atoms with van der Waals surface area (Å²) in [6.45, 7) is 0.714. The molecule has 1 aromatic heterocycles. The summed E-state index contributed by atoms with van der Waals surface area (Å²) >= 11 is 15.3. The summed E-state index contributed by atoms with van der Waals surface area (Å²) in [4.78, 5) is 0. The van der Waals surface area contributed by atoms with Crippen LogP contribution in [0.15, 0.2) is 33.4 Å². The molecular weight excluding hydrogens is 341 g/mol. The van der Waals surface area contributed by atoms with E-state index in [2.05, 4.69) is 15.9 Å². The lowest BCUT2D eigenvalue weighted by Crippen LogP contribution is -1.96. The van der Waals surface area contributed by atoms with E-state index >= 15 is 0 Å². The van der Waals surface area contributed by atoms with Crippen molar-refractivity contribution in [2.24, 2.45) is 5.73 Å². The van der Waals surface area contributed by atoms with Crippen LogP contribution < -0.4 is 10.5 Å². The van der Waals surface area contributed by atoms with Crippen molar-refractivity contribution in [2.45, 2.75) is 13.2 Å². The summed E-state index contributed by atoms with van der Waals surface area (Å²) in [6, 6.07) is 5.18. The number of hydrogen-bond donors (Lipinski definition) is 1. The third-order valence-electron chi connectivity index (χ3n) is 2.29. The third-order valence-corrected chi connectivity index (χ3v) is 3.78. The molecule has 2 rings (SSSR count). The van der Waals surface area contributed by atoms with Gasteiger partial charge in [0.15, 0.2) is 0 Å². The molecule has 2 aromatic rings. The minimum absolute atomic E-state index is 0.275. The molecule has 0 amide bonds. The van der Waals surface area contributed by atoms with Gasteiger partial charge in [-0.25, -0.2) is 0 Å². The molecular formula is C12H10BrCl2NO2. The summed E-state index contributed by atoms with van der Waals surface area (Å²) in [5.74, 6) is 1.20. The molecule has 1 aromatic carbocycles. The maximum atomic E-state index is 6.04. The second kappa shape index (κ2) is 5.97. The van der Waals surface area contributed by atoms with Gasteiger partial charge in [0.1, 0.15) is 18.1 Å². The van der Waals surface area contributed by atoms with Gasteiger partial charge in [0.2, 0.25) is 0 Å². The smallest absolute Gasteiger partial charge is 0.146 e. The highest BCUT2D eigenvalue weighted by Gasteiger charge is 2.08. The molecule has 0 unspecified atom stereocenters. The van der Waals surface area contributed by atoms with Crippen LogP contribution >= 0.6 is 39.1 Å². The van der Waals surface area contributed by atoms with Crippen molar-refractivity contribution in [3.63, 3.8) is 0 Å². The summed E-state index contributed by atoms with van der Waals surface area (Å²) in [7, 11) is 0. The number of hydrogen-bond acceptors (Lipinski definition) is 3. The van der Waals surface area contributed by atoms with E-state index in [0.29, 0.717) is 28.1 Å². The van der Waals surface area contributed by atoms with Gasteiger partial charge in [-0.2, -0.15) is 0 Å². The minimum Gasteiger partial charge on any atom is -0.484 e. The van der Waals surface area contributed by atoms with Crippen LogP contribution in [0.4, 0.5) is 0 Å². The maximum absolute atomic E-state index is 6.04. The fraction of sp³-hybridized carbons (Fsp3) is 0.167. The molecule has 0 spiro atoms. The topological polar surface area (TPSA) is 48.4 Å². The highest BCUT2D eigenvalue weighted by atomic mass is 79.9. The Bertz CT molecular complexity index is 557. The van der Waals surface area contributed by atoms with Gasteiger partial charge in [0.25, 0.3) is 0 Å². The van der Waals surface area contributed by atoms with Crippen molar-refractivity contribution in [1.29, 1.82) is 0 Å². The lowest BCUT2D eigenvalue weighted by Gasteiger charge is -2.07. The van der Waals surface area contributed by atoms with E-state index in [1.165, 1.54) is 0 Å². The third kappa shape index (κ3) is 3.20. The Hall–Kier alpha value is -0.680. The minimum atomic E-state index is 0.275. The van der Waals surface area contributed by atoms with Gasteiger partial charge in [0.05, 0.1) is 16.3 Å². The lowest BCUT2D eigenvalue weighted by atomic mass is 10.3. The quantitative estimate of drug-likeness (QED) is 0.832. The van der Waals surface area contributed by atoms with Gasteiger partial charge in [-0.15, -0.1) is 0 Å². The molecule has 3 nitrogen and oxygen atoms in total. The predicted molar refractivity (Wildman–Crippen MR) is 75.1 cm³/mol. The Kier molecular flexibility index (Phi) is 4.56. The predicted octanol–water partition coefficient (Wildman–Crippen LogP) is 4.39. The number of benzene rings is 1. The van der Waals surface area contributed by atoms with Gasteiger partial charge in [-0.1, -0.05) is 23.2 Å². The van der Waals surface area contributed by atoms with Crippen LogP contribution in [-0.4, -0.2) is 0 Å². The molecule has 2 N–H and O–H groups in total.